The highest BCUT2D eigenvalue weighted by atomic mass is 16.4. The molecule has 0 bridgehead atoms. The van der Waals surface area contributed by atoms with E-state index in [0.717, 1.165) is 11.3 Å². The van der Waals surface area contributed by atoms with Crippen LogP contribution >= 0.6 is 0 Å². The van der Waals surface area contributed by atoms with E-state index in [2.05, 4.69) is 22.4 Å². The number of carboxylic acid groups (broad SMARTS) is 1. The molecule has 1 fully saturated rings. The molecule has 2 rings (SSSR count). The summed E-state index contributed by atoms with van der Waals surface area (Å²) >= 11 is 0. The van der Waals surface area contributed by atoms with E-state index in [1.807, 2.05) is 13.8 Å². The molecule has 5 heteroatoms. The van der Waals surface area contributed by atoms with Gasteiger partial charge in [0, 0.05) is 6.04 Å². The summed E-state index contributed by atoms with van der Waals surface area (Å²) in [4.78, 5) is 11.6. The number of nitrogens with one attached hydrogen (secondary N) is 1. The minimum Gasteiger partial charge on any atom is -0.478 e. The maximum atomic E-state index is 11.6. The minimum atomic E-state index is -0.922. The van der Waals surface area contributed by atoms with Crippen LogP contribution in [0.3, 0.4) is 0 Å². The SMILES string of the molecule is CCc1nnc(NC(C)C2CCC2)c(C(=O)O)c1CC. The summed E-state index contributed by atoms with van der Waals surface area (Å²) in [6.45, 7) is 6.02. The molecule has 0 aromatic carbocycles. The first-order valence-corrected chi connectivity index (χ1v) is 7.46. The van der Waals surface area contributed by atoms with Crippen LogP contribution in [0, 0.1) is 5.92 Å². The Kier molecular flexibility index (Phi) is 4.57. The van der Waals surface area contributed by atoms with Crippen LogP contribution in [-0.4, -0.2) is 27.3 Å². The predicted molar refractivity (Wildman–Crippen MR) is 78.2 cm³/mol. The second-order valence-electron chi connectivity index (χ2n) is 5.49. The lowest BCUT2D eigenvalue weighted by molar-refractivity contribution is 0.0696. The van der Waals surface area contributed by atoms with Crippen molar-refractivity contribution in [1.29, 1.82) is 0 Å². The smallest absolute Gasteiger partial charge is 0.339 e. The van der Waals surface area contributed by atoms with Crippen LogP contribution in [0.4, 0.5) is 5.82 Å². The van der Waals surface area contributed by atoms with Gasteiger partial charge in [-0.25, -0.2) is 4.79 Å². The van der Waals surface area contributed by atoms with Gasteiger partial charge in [0.05, 0.1) is 5.69 Å². The normalized spacial score (nSPS) is 16.6. The zero-order valence-electron chi connectivity index (χ0n) is 12.4. The number of carbonyl (C=O) groups is 1. The van der Waals surface area contributed by atoms with Crippen LogP contribution in [0.2, 0.25) is 0 Å². The predicted octanol–water partition coefficient (Wildman–Crippen LogP) is 2.90. The maximum absolute atomic E-state index is 11.6. The molecule has 1 heterocycles. The van der Waals surface area contributed by atoms with Crippen molar-refractivity contribution in [3.63, 3.8) is 0 Å². The number of aromatic carboxylic acids is 1. The Morgan fingerprint density at radius 3 is 2.50 bits per heavy atom. The maximum Gasteiger partial charge on any atom is 0.339 e. The fourth-order valence-corrected chi connectivity index (χ4v) is 2.78. The highest BCUT2D eigenvalue weighted by Gasteiger charge is 2.27. The monoisotopic (exact) mass is 277 g/mol. The van der Waals surface area contributed by atoms with Crippen molar-refractivity contribution >= 4 is 11.8 Å². The number of aromatic nitrogens is 2. The quantitative estimate of drug-likeness (QED) is 0.836. The molecule has 2 N–H and O–H groups in total. The Bertz CT molecular complexity index is 498. The van der Waals surface area contributed by atoms with Crippen molar-refractivity contribution in [2.24, 2.45) is 5.92 Å². The van der Waals surface area contributed by atoms with E-state index in [-0.39, 0.29) is 6.04 Å². The van der Waals surface area contributed by atoms with Gasteiger partial charge in [-0.15, -0.1) is 5.10 Å². The number of hydrogen-bond donors (Lipinski definition) is 2. The van der Waals surface area contributed by atoms with E-state index < -0.39 is 5.97 Å². The molecule has 1 aromatic heterocycles. The second-order valence-corrected chi connectivity index (χ2v) is 5.49. The van der Waals surface area contributed by atoms with E-state index in [1.54, 1.807) is 0 Å². The highest BCUT2D eigenvalue weighted by Crippen LogP contribution is 2.31. The average molecular weight is 277 g/mol. The molecular formula is C15H23N3O2. The van der Waals surface area contributed by atoms with E-state index in [0.29, 0.717) is 30.1 Å². The molecule has 0 radical (unpaired) electrons. The average Bonchev–Trinajstić information content (AvgIpc) is 2.35. The lowest BCUT2D eigenvalue weighted by Crippen LogP contribution is -2.32. The zero-order valence-corrected chi connectivity index (χ0v) is 12.4. The van der Waals surface area contributed by atoms with Crippen LogP contribution in [-0.2, 0) is 12.8 Å². The molecular weight excluding hydrogens is 254 g/mol. The Hall–Kier alpha value is -1.65. The zero-order chi connectivity index (χ0) is 14.7. The van der Waals surface area contributed by atoms with Crippen molar-refractivity contribution in [2.75, 3.05) is 5.32 Å². The van der Waals surface area contributed by atoms with Crippen molar-refractivity contribution in [3.05, 3.63) is 16.8 Å². The largest absolute Gasteiger partial charge is 0.478 e. The standard InChI is InChI=1S/C15H23N3O2/c1-4-11-12(5-2)17-18-14(13(11)15(19)20)16-9(3)10-7-6-8-10/h9-10H,4-8H2,1-3H3,(H,16,18)(H,19,20). The number of hydrogen-bond acceptors (Lipinski definition) is 4. The van der Waals surface area contributed by atoms with Crippen molar-refractivity contribution in [3.8, 4) is 0 Å². The third kappa shape index (κ3) is 2.76. The van der Waals surface area contributed by atoms with Crippen molar-refractivity contribution in [1.82, 2.24) is 10.2 Å². The Morgan fingerprint density at radius 1 is 1.35 bits per heavy atom. The van der Waals surface area contributed by atoms with Crippen molar-refractivity contribution in [2.45, 2.75) is 58.9 Å². The summed E-state index contributed by atoms with van der Waals surface area (Å²) in [7, 11) is 0. The molecule has 20 heavy (non-hydrogen) atoms. The molecule has 0 spiro atoms. The molecule has 0 aliphatic heterocycles. The number of anilines is 1. The fourth-order valence-electron chi connectivity index (χ4n) is 2.78. The van der Waals surface area contributed by atoms with E-state index >= 15 is 0 Å². The molecule has 0 amide bonds. The third-order valence-corrected chi connectivity index (χ3v) is 4.28. The minimum absolute atomic E-state index is 0.244. The number of rotatable bonds is 6. The molecule has 1 aliphatic carbocycles. The molecule has 1 unspecified atom stereocenters. The molecule has 1 aromatic rings. The van der Waals surface area contributed by atoms with Gasteiger partial charge >= 0.3 is 5.97 Å². The van der Waals surface area contributed by atoms with E-state index in [1.165, 1.54) is 19.3 Å². The van der Waals surface area contributed by atoms with Gasteiger partial charge < -0.3 is 10.4 Å². The third-order valence-electron chi connectivity index (χ3n) is 4.28. The molecule has 1 aliphatic rings. The summed E-state index contributed by atoms with van der Waals surface area (Å²) in [6, 6.07) is 0.244. The van der Waals surface area contributed by atoms with Gasteiger partial charge in [-0.3, -0.25) is 0 Å². The topological polar surface area (TPSA) is 75.1 Å². The summed E-state index contributed by atoms with van der Waals surface area (Å²) in [5.74, 6) is 0.120. The first kappa shape index (κ1) is 14.8. The Labute approximate surface area is 119 Å². The summed E-state index contributed by atoms with van der Waals surface area (Å²) in [5, 5.41) is 21.1. The summed E-state index contributed by atoms with van der Waals surface area (Å²) in [5.41, 5.74) is 1.88. The Balaban J connectivity index is 2.33. The van der Waals surface area contributed by atoms with Gasteiger partial charge in [0.25, 0.3) is 0 Å². The molecule has 5 nitrogen and oxygen atoms in total. The summed E-state index contributed by atoms with van der Waals surface area (Å²) < 4.78 is 0. The van der Waals surface area contributed by atoms with Crippen LogP contribution < -0.4 is 5.32 Å². The van der Waals surface area contributed by atoms with Gasteiger partial charge in [0.15, 0.2) is 5.82 Å². The van der Waals surface area contributed by atoms with Crippen molar-refractivity contribution < 1.29 is 9.90 Å². The lowest BCUT2D eigenvalue weighted by Gasteiger charge is -2.32. The van der Waals surface area contributed by atoms with Crippen LogP contribution in [0.1, 0.15) is 61.6 Å². The summed E-state index contributed by atoms with van der Waals surface area (Å²) in [6.07, 6.45) is 5.04. The van der Waals surface area contributed by atoms with E-state index in [9.17, 15) is 9.90 Å². The second kappa shape index (κ2) is 6.20. The number of aryl methyl sites for hydroxylation is 1. The van der Waals surface area contributed by atoms with Gasteiger partial charge in [-0.1, -0.05) is 20.3 Å². The Morgan fingerprint density at radius 2 is 2.05 bits per heavy atom. The molecule has 110 valence electrons. The highest BCUT2D eigenvalue weighted by molar-refractivity contribution is 5.95. The van der Waals surface area contributed by atoms with Gasteiger partial charge in [0.2, 0.25) is 0 Å². The molecule has 1 saturated carbocycles. The first-order valence-electron chi connectivity index (χ1n) is 7.46. The van der Waals surface area contributed by atoms with Crippen LogP contribution in [0.5, 0.6) is 0 Å². The van der Waals surface area contributed by atoms with Crippen LogP contribution in [0.25, 0.3) is 0 Å². The lowest BCUT2D eigenvalue weighted by atomic mass is 9.80. The number of nitrogens with zero attached hydrogens (tertiary/aromatic N) is 2. The van der Waals surface area contributed by atoms with E-state index in [4.69, 9.17) is 0 Å². The van der Waals surface area contributed by atoms with Gasteiger partial charge in [-0.2, -0.15) is 5.10 Å². The van der Waals surface area contributed by atoms with Gasteiger partial charge in [0.1, 0.15) is 5.56 Å². The van der Waals surface area contributed by atoms with Crippen LogP contribution in [0.15, 0.2) is 0 Å². The van der Waals surface area contributed by atoms with Gasteiger partial charge in [-0.05, 0) is 44.1 Å². The fraction of sp³-hybridized carbons (Fsp3) is 0.667. The molecule has 1 atom stereocenters. The first-order chi connectivity index (χ1) is 9.58. The molecule has 0 saturated heterocycles. The number of carboxylic acids is 1.